The van der Waals surface area contributed by atoms with Crippen LogP contribution in [0.2, 0.25) is 0 Å². The Bertz CT molecular complexity index is 356. The normalized spacial score (nSPS) is 23.9. The van der Waals surface area contributed by atoms with E-state index in [2.05, 4.69) is 9.97 Å². The molecule has 0 spiro atoms. The van der Waals surface area contributed by atoms with Crippen molar-refractivity contribution in [2.75, 3.05) is 6.66 Å². The second kappa shape index (κ2) is 4.53. The van der Waals surface area contributed by atoms with E-state index in [9.17, 15) is 4.57 Å². The van der Waals surface area contributed by atoms with E-state index < -0.39 is 7.60 Å². The summed E-state index contributed by atoms with van der Waals surface area (Å²) in [6.45, 7) is 5.65. The van der Waals surface area contributed by atoms with E-state index in [4.69, 9.17) is 9.05 Å². The van der Waals surface area contributed by atoms with Gasteiger partial charge in [0.15, 0.2) is 5.75 Å². The number of hydrogen-bond acceptors (Lipinski definition) is 5. The Morgan fingerprint density at radius 2 is 2.21 bits per heavy atom. The maximum atomic E-state index is 11.3. The van der Waals surface area contributed by atoms with E-state index in [0.717, 1.165) is 0 Å². The largest absolute Gasteiger partial charge is 0.421 e. The van der Waals surface area contributed by atoms with Gasteiger partial charge < -0.3 is 4.52 Å². The van der Waals surface area contributed by atoms with Crippen molar-refractivity contribution in [1.29, 1.82) is 0 Å². The predicted molar refractivity (Wildman–Crippen MR) is 52.3 cm³/mol. The fraction of sp³-hybridized carbons (Fsp3) is 0.500. The van der Waals surface area contributed by atoms with Gasteiger partial charge in [0.1, 0.15) is 18.6 Å². The highest BCUT2D eigenvalue weighted by atomic mass is 31.2. The van der Waals surface area contributed by atoms with Crippen LogP contribution in [0.3, 0.4) is 0 Å². The van der Waals surface area contributed by atoms with Crippen LogP contribution in [0.5, 0.6) is 5.75 Å². The van der Waals surface area contributed by atoms with Crippen LogP contribution in [0.15, 0.2) is 12.5 Å². The molecule has 1 aliphatic rings. The van der Waals surface area contributed by atoms with Gasteiger partial charge in [0.05, 0.1) is 6.20 Å². The smallest absolute Gasteiger partial charge is 0.376 e. The molecule has 1 atom stereocenters. The van der Waals surface area contributed by atoms with Crippen molar-refractivity contribution >= 4 is 7.60 Å². The van der Waals surface area contributed by atoms with E-state index in [-0.39, 0.29) is 6.61 Å². The lowest BCUT2D eigenvalue weighted by Crippen LogP contribution is -2.08. The van der Waals surface area contributed by atoms with Crippen LogP contribution in [0, 0.1) is 0 Å². The zero-order chi connectivity index (χ0) is 10.6. The molecule has 0 saturated heterocycles. The predicted octanol–water partition coefficient (Wildman–Crippen LogP) is 2.23. The third-order valence-electron chi connectivity index (χ3n) is 1.46. The Balaban J connectivity index is 0.000000461. The van der Waals surface area contributed by atoms with Crippen LogP contribution >= 0.6 is 7.60 Å². The van der Waals surface area contributed by atoms with Gasteiger partial charge in [-0.25, -0.2) is 14.5 Å². The van der Waals surface area contributed by atoms with Crippen molar-refractivity contribution in [1.82, 2.24) is 9.97 Å². The third-order valence-corrected chi connectivity index (χ3v) is 2.58. The molecule has 0 aliphatic carbocycles. The minimum Gasteiger partial charge on any atom is -0.421 e. The monoisotopic (exact) mass is 216 g/mol. The Morgan fingerprint density at radius 1 is 1.50 bits per heavy atom. The van der Waals surface area contributed by atoms with Crippen LogP contribution in [0.1, 0.15) is 19.5 Å². The molecule has 1 aromatic rings. The molecule has 6 heteroatoms. The maximum Gasteiger partial charge on any atom is 0.376 e. The first kappa shape index (κ1) is 11.1. The summed E-state index contributed by atoms with van der Waals surface area (Å²) in [4.78, 5) is 7.65. The number of aromatic nitrogens is 2. The summed E-state index contributed by atoms with van der Waals surface area (Å²) in [7, 11) is -2.90. The fourth-order valence-corrected chi connectivity index (χ4v) is 1.83. The molecule has 0 bridgehead atoms. The Kier molecular flexibility index (Phi) is 3.61. The summed E-state index contributed by atoms with van der Waals surface area (Å²) < 4.78 is 21.3. The van der Waals surface area contributed by atoms with Gasteiger partial charge >= 0.3 is 7.60 Å². The molecule has 1 aromatic heterocycles. The quantitative estimate of drug-likeness (QED) is 0.622. The molecule has 0 fully saturated rings. The molecule has 14 heavy (non-hydrogen) atoms. The van der Waals surface area contributed by atoms with Crippen molar-refractivity contribution < 1.29 is 13.6 Å². The summed E-state index contributed by atoms with van der Waals surface area (Å²) in [5.74, 6) is 0.453. The van der Waals surface area contributed by atoms with Gasteiger partial charge in [-0.3, -0.25) is 4.52 Å². The number of hydrogen-bond donors (Lipinski definition) is 0. The molecule has 0 saturated carbocycles. The number of rotatable bonds is 0. The topological polar surface area (TPSA) is 61.3 Å². The highest BCUT2D eigenvalue weighted by Gasteiger charge is 2.26. The molecule has 0 amide bonds. The molecular formula is C8H13N2O3P. The van der Waals surface area contributed by atoms with E-state index in [1.807, 2.05) is 13.8 Å². The van der Waals surface area contributed by atoms with Crippen LogP contribution < -0.4 is 4.52 Å². The third kappa shape index (κ3) is 2.53. The number of fused-ring (bicyclic) bond motifs is 1. The Hall–Kier alpha value is -0.930. The lowest BCUT2D eigenvalue weighted by molar-refractivity contribution is 0.231. The molecule has 0 radical (unpaired) electrons. The van der Waals surface area contributed by atoms with Crippen LogP contribution in [-0.2, 0) is 15.7 Å². The SMILES string of the molecule is CC.CP1(=O)OCc2ncncc2O1. The van der Waals surface area contributed by atoms with Crippen molar-refractivity contribution in [2.45, 2.75) is 20.5 Å². The van der Waals surface area contributed by atoms with Gasteiger partial charge in [-0.05, 0) is 0 Å². The first-order chi connectivity index (χ1) is 6.67. The maximum absolute atomic E-state index is 11.3. The van der Waals surface area contributed by atoms with Crippen molar-refractivity contribution in [2.24, 2.45) is 0 Å². The molecule has 78 valence electrons. The van der Waals surface area contributed by atoms with E-state index in [1.54, 1.807) is 0 Å². The molecular weight excluding hydrogens is 203 g/mol. The average Bonchev–Trinajstić information content (AvgIpc) is 2.19. The minimum atomic E-state index is -2.90. The highest BCUT2D eigenvalue weighted by Crippen LogP contribution is 2.49. The second-order valence-electron chi connectivity index (χ2n) is 2.47. The lowest BCUT2D eigenvalue weighted by atomic mass is 10.4. The highest BCUT2D eigenvalue weighted by molar-refractivity contribution is 7.53. The average molecular weight is 216 g/mol. The lowest BCUT2D eigenvalue weighted by Gasteiger charge is -2.21. The summed E-state index contributed by atoms with van der Waals surface area (Å²) in [5.41, 5.74) is 0.637. The van der Waals surface area contributed by atoms with Crippen molar-refractivity contribution in [3.63, 3.8) is 0 Å². The van der Waals surface area contributed by atoms with Gasteiger partial charge in [-0.2, -0.15) is 0 Å². The first-order valence-electron chi connectivity index (χ1n) is 4.38. The van der Waals surface area contributed by atoms with Crippen LogP contribution in [0.25, 0.3) is 0 Å². The van der Waals surface area contributed by atoms with Gasteiger partial charge in [0.2, 0.25) is 0 Å². The number of nitrogens with zero attached hydrogens (tertiary/aromatic N) is 2. The molecule has 0 N–H and O–H groups in total. The Morgan fingerprint density at radius 3 is 2.93 bits per heavy atom. The zero-order valence-corrected chi connectivity index (χ0v) is 9.32. The summed E-state index contributed by atoms with van der Waals surface area (Å²) in [6, 6.07) is 0. The summed E-state index contributed by atoms with van der Waals surface area (Å²) in [5, 5.41) is 0. The molecule has 0 aromatic carbocycles. The molecule has 2 rings (SSSR count). The molecule has 1 aliphatic heterocycles. The van der Waals surface area contributed by atoms with E-state index >= 15 is 0 Å². The molecule has 5 nitrogen and oxygen atoms in total. The van der Waals surface area contributed by atoms with Gasteiger partial charge in [-0.15, -0.1) is 0 Å². The van der Waals surface area contributed by atoms with E-state index in [0.29, 0.717) is 11.4 Å². The first-order valence-corrected chi connectivity index (χ1v) is 6.37. The second-order valence-corrected chi connectivity index (χ2v) is 4.45. The van der Waals surface area contributed by atoms with Gasteiger partial charge in [0, 0.05) is 6.66 Å². The standard InChI is InChI=1S/C6H7N2O3P.C2H6/c1-12(9)10-3-5-6(11-12)2-7-4-8-5;1-2/h2,4H,3H2,1H3;1-2H3. The van der Waals surface area contributed by atoms with Gasteiger partial charge in [-0.1, -0.05) is 13.8 Å². The zero-order valence-electron chi connectivity index (χ0n) is 8.43. The van der Waals surface area contributed by atoms with E-state index in [1.165, 1.54) is 19.2 Å². The van der Waals surface area contributed by atoms with Crippen LogP contribution in [0.4, 0.5) is 0 Å². The summed E-state index contributed by atoms with van der Waals surface area (Å²) >= 11 is 0. The van der Waals surface area contributed by atoms with Crippen molar-refractivity contribution in [3.05, 3.63) is 18.2 Å². The van der Waals surface area contributed by atoms with Crippen molar-refractivity contribution in [3.8, 4) is 5.75 Å². The fourth-order valence-electron chi connectivity index (χ4n) is 0.910. The van der Waals surface area contributed by atoms with Crippen LogP contribution in [-0.4, -0.2) is 16.6 Å². The molecule has 2 heterocycles. The summed E-state index contributed by atoms with van der Waals surface area (Å²) in [6.07, 6.45) is 2.89. The minimum absolute atomic E-state index is 0.228. The van der Waals surface area contributed by atoms with Gasteiger partial charge in [0.25, 0.3) is 0 Å². The Labute approximate surface area is 83.0 Å². The molecule has 1 unspecified atom stereocenters.